The normalized spacial score (nSPS) is 10.8. The maximum Gasteiger partial charge on any atom is 0.271 e. The zero-order valence-corrected chi connectivity index (χ0v) is 12.7. The summed E-state index contributed by atoms with van der Waals surface area (Å²) >= 11 is 5.99. The molecule has 1 amide bonds. The largest absolute Gasteiger partial charge is 0.424 e. The van der Waals surface area contributed by atoms with Crippen molar-refractivity contribution in [3.05, 3.63) is 77.1 Å². The molecule has 2 aromatic carbocycles. The van der Waals surface area contributed by atoms with Crippen molar-refractivity contribution < 1.29 is 9.21 Å². The van der Waals surface area contributed by atoms with Crippen LogP contribution in [-0.2, 0) is 0 Å². The second-order valence-electron chi connectivity index (χ2n) is 4.61. The lowest BCUT2D eigenvalue weighted by atomic mass is 10.2. The van der Waals surface area contributed by atoms with Gasteiger partial charge in [-0.15, -0.1) is 0 Å². The molecule has 0 spiro atoms. The van der Waals surface area contributed by atoms with E-state index in [1.54, 1.807) is 24.3 Å². The topological polar surface area (TPSA) is 67.5 Å². The summed E-state index contributed by atoms with van der Waals surface area (Å²) in [6.07, 6.45) is 1.35. The van der Waals surface area contributed by atoms with Gasteiger partial charge in [0.15, 0.2) is 0 Å². The maximum absolute atomic E-state index is 11.8. The Morgan fingerprint density at radius 2 is 1.74 bits per heavy atom. The van der Waals surface area contributed by atoms with Crippen LogP contribution in [0.5, 0.6) is 0 Å². The molecule has 5 nitrogen and oxygen atoms in total. The molecule has 0 bridgehead atoms. The van der Waals surface area contributed by atoms with E-state index in [0.717, 1.165) is 5.56 Å². The van der Waals surface area contributed by atoms with E-state index in [2.05, 4.69) is 15.5 Å². The van der Waals surface area contributed by atoms with Gasteiger partial charge in [-0.2, -0.15) is 5.10 Å². The Hall–Kier alpha value is -2.92. The van der Waals surface area contributed by atoms with Gasteiger partial charge in [0, 0.05) is 11.1 Å². The van der Waals surface area contributed by atoms with E-state index in [4.69, 9.17) is 16.0 Å². The molecule has 0 fully saturated rings. The van der Waals surface area contributed by atoms with Gasteiger partial charge in [-0.25, -0.2) is 10.4 Å². The molecule has 0 atom stereocenters. The quantitative estimate of drug-likeness (QED) is 0.586. The number of rotatable bonds is 4. The molecule has 1 N–H and O–H groups in total. The first-order chi connectivity index (χ1) is 11.2. The number of hydrazone groups is 1. The highest BCUT2D eigenvalue weighted by Gasteiger charge is 2.11. The fourth-order valence-electron chi connectivity index (χ4n) is 1.90. The van der Waals surface area contributed by atoms with Crippen molar-refractivity contribution >= 4 is 23.7 Å². The Balaban J connectivity index is 1.71. The first-order valence-corrected chi connectivity index (χ1v) is 7.22. The first-order valence-electron chi connectivity index (χ1n) is 6.84. The van der Waals surface area contributed by atoms with Crippen molar-refractivity contribution in [3.8, 4) is 11.5 Å². The number of halogens is 1. The second-order valence-corrected chi connectivity index (χ2v) is 4.95. The minimum absolute atomic E-state index is 0.113. The molecule has 6 heteroatoms. The third-order valence-electron chi connectivity index (χ3n) is 3.02. The van der Waals surface area contributed by atoms with Crippen LogP contribution in [0.1, 0.15) is 16.1 Å². The summed E-state index contributed by atoms with van der Waals surface area (Å²) in [4.78, 5) is 16.1. The molecule has 1 heterocycles. The van der Waals surface area contributed by atoms with E-state index in [-0.39, 0.29) is 11.1 Å². The van der Waals surface area contributed by atoms with Gasteiger partial charge in [0.1, 0.15) is 5.69 Å². The zero-order chi connectivity index (χ0) is 16.1. The van der Waals surface area contributed by atoms with Crippen LogP contribution in [0.15, 0.2) is 70.2 Å². The number of amides is 1. The van der Waals surface area contributed by atoms with E-state index in [1.807, 2.05) is 36.4 Å². The van der Waals surface area contributed by atoms with Gasteiger partial charge in [-0.3, -0.25) is 4.79 Å². The van der Waals surface area contributed by atoms with Crippen LogP contribution in [0.4, 0.5) is 0 Å². The van der Waals surface area contributed by atoms with Crippen molar-refractivity contribution in [3.63, 3.8) is 0 Å². The van der Waals surface area contributed by atoms with Crippen LogP contribution in [0.2, 0.25) is 5.22 Å². The van der Waals surface area contributed by atoms with Crippen molar-refractivity contribution in [1.29, 1.82) is 0 Å². The third kappa shape index (κ3) is 3.64. The number of hydrogen-bond acceptors (Lipinski definition) is 4. The summed E-state index contributed by atoms with van der Waals surface area (Å²) in [5.74, 6) is 0.0798. The third-order valence-corrected chi connectivity index (χ3v) is 3.29. The average molecular weight is 326 g/mol. The number of benzene rings is 2. The molecular weight excluding hydrogens is 314 g/mol. The average Bonchev–Trinajstić information content (AvgIpc) is 2.97. The lowest BCUT2D eigenvalue weighted by molar-refractivity contribution is 0.0955. The lowest BCUT2D eigenvalue weighted by Gasteiger charge is -1.97. The monoisotopic (exact) mass is 325 g/mol. The highest BCUT2D eigenvalue weighted by molar-refractivity contribution is 6.31. The smallest absolute Gasteiger partial charge is 0.271 e. The summed E-state index contributed by atoms with van der Waals surface area (Å²) < 4.78 is 5.39. The first kappa shape index (κ1) is 15.0. The molecular formula is C17H12ClN3O2. The number of nitrogens with zero attached hydrogens (tertiary/aromatic N) is 2. The van der Waals surface area contributed by atoms with Crippen LogP contribution in [0.25, 0.3) is 11.5 Å². The van der Waals surface area contributed by atoms with Gasteiger partial charge in [0.25, 0.3) is 5.91 Å². The Labute approximate surface area is 137 Å². The minimum atomic E-state index is -0.315. The predicted molar refractivity (Wildman–Crippen MR) is 88.5 cm³/mol. The van der Waals surface area contributed by atoms with Crippen molar-refractivity contribution in [2.45, 2.75) is 0 Å². The lowest BCUT2D eigenvalue weighted by Crippen LogP contribution is -2.17. The van der Waals surface area contributed by atoms with E-state index < -0.39 is 0 Å². The zero-order valence-electron chi connectivity index (χ0n) is 11.9. The fourth-order valence-corrected chi connectivity index (χ4v) is 2.07. The second kappa shape index (κ2) is 6.89. The molecule has 0 radical (unpaired) electrons. The Bertz CT molecular complexity index is 830. The summed E-state index contributed by atoms with van der Waals surface area (Å²) in [5, 5.41) is 3.97. The molecule has 0 aliphatic carbocycles. The standard InChI is InChI=1S/C17H12ClN3O2/c18-15-14(20-17(23-15)13-9-5-2-6-10-13)11-19-21-16(22)12-7-3-1-4-8-12/h1-11H,(H,21,22)/b19-11+. The molecule has 23 heavy (non-hydrogen) atoms. The fraction of sp³-hybridized carbons (Fsp3) is 0. The maximum atomic E-state index is 11.8. The SMILES string of the molecule is O=C(N/N=C/c1nc(-c2ccccc2)oc1Cl)c1ccccc1. The Morgan fingerprint density at radius 3 is 2.43 bits per heavy atom. The number of carbonyl (C=O) groups excluding carboxylic acids is 1. The number of aromatic nitrogens is 1. The van der Waals surface area contributed by atoms with Crippen LogP contribution in [-0.4, -0.2) is 17.1 Å². The van der Waals surface area contributed by atoms with E-state index >= 15 is 0 Å². The highest BCUT2D eigenvalue weighted by Crippen LogP contribution is 2.24. The van der Waals surface area contributed by atoms with Gasteiger partial charge in [0.2, 0.25) is 11.1 Å². The van der Waals surface area contributed by atoms with Gasteiger partial charge < -0.3 is 4.42 Å². The molecule has 0 aliphatic rings. The molecule has 3 rings (SSSR count). The van der Waals surface area contributed by atoms with E-state index in [1.165, 1.54) is 6.21 Å². The number of oxazole rings is 1. The number of carbonyl (C=O) groups is 1. The van der Waals surface area contributed by atoms with Crippen LogP contribution >= 0.6 is 11.6 Å². The van der Waals surface area contributed by atoms with Crippen molar-refractivity contribution in [2.75, 3.05) is 0 Å². The molecule has 3 aromatic rings. The molecule has 1 aromatic heterocycles. The predicted octanol–water partition coefficient (Wildman–Crippen LogP) is 3.76. The van der Waals surface area contributed by atoms with Crippen LogP contribution < -0.4 is 5.43 Å². The van der Waals surface area contributed by atoms with Crippen molar-refractivity contribution in [2.24, 2.45) is 5.10 Å². The number of nitrogens with one attached hydrogen (secondary N) is 1. The van der Waals surface area contributed by atoms with Gasteiger partial charge in [-0.1, -0.05) is 36.4 Å². The number of hydrogen-bond donors (Lipinski definition) is 1. The van der Waals surface area contributed by atoms with Gasteiger partial charge >= 0.3 is 0 Å². The van der Waals surface area contributed by atoms with Gasteiger partial charge in [-0.05, 0) is 35.9 Å². The molecule has 114 valence electrons. The summed E-state index contributed by atoms with van der Waals surface area (Å²) in [6.45, 7) is 0. The summed E-state index contributed by atoms with van der Waals surface area (Å²) in [7, 11) is 0. The van der Waals surface area contributed by atoms with E-state index in [0.29, 0.717) is 17.1 Å². The molecule has 0 unspecified atom stereocenters. The minimum Gasteiger partial charge on any atom is -0.424 e. The van der Waals surface area contributed by atoms with Crippen LogP contribution in [0, 0.1) is 0 Å². The van der Waals surface area contributed by atoms with Crippen LogP contribution in [0.3, 0.4) is 0 Å². The summed E-state index contributed by atoms with van der Waals surface area (Å²) in [5.41, 5.74) is 4.08. The molecule has 0 saturated carbocycles. The Morgan fingerprint density at radius 1 is 1.09 bits per heavy atom. The van der Waals surface area contributed by atoms with Crippen molar-refractivity contribution in [1.82, 2.24) is 10.4 Å². The van der Waals surface area contributed by atoms with E-state index in [9.17, 15) is 4.79 Å². The van der Waals surface area contributed by atoms with Gasteiger partial charge in [0.05, 0.1) is 6.21 Å². The highest BCUT2D eigenvalue weighted by atomic mass is 35.5. The Kier molecular flexibility index (Phi) is 4.49. The molecule has 0 aliphatic heterocycles. The molecule has 0 saturated heterocycles. The summed E-state index contributed by atoms with van der Waals surface area (Å²) in [6, 6.07) is 18.2.